The van der Waals surface area contributed by atoms with Crippen LogP contribution < -0.4 is 9.62 Å². The molecule has 4 rings (SSSR count). The number of fused-ring (bicyclic) bond motifs is 1. The summed E-state index contributed by atoms with van der Waals surface area (Å²) in [6.07, 6.45) is 1.33. The Balaban J connectivity index is 1.60. The molecule has 3 aromatic carbocycles. The van der Waals surface area contributed by atoms with Gasteiger partial charge in [0.25, 0.3) is 21.6 Å². The van der Waals surface area contributed by atoms with E-state index in [1.54, 1.807) is 42.5 Å². The van der Waals surface area contributed by atoms with Gasteiger partial charge in [-0.3, -0.25) is 19.2 Å². The molecule has 0 unspecified atom stereocenters. The summed E-state index contributed by atoms with van der Waals surface area (Å²) in [4.78, 5) is 23.2. The summed E-state index contributed by atoms with van der Waals surface area (Å²) in [6, 6.07) is 17.3. The molecule has 0 aromatic heterocycles. The van der Waals surface area contributed by atoms with E-state index in [1.807, 2.05) is 6.92 Å². The highest BCUT2D eigenvalue weighted by atomic mass is 32.2. The smallest absolute Gasteiger partial charge is 0.270 e. The number of hydrogen-bond donors (Lipinski definition) is 1. The van der Waals surface area contributed by atoms with Gasteiger partial charge in [-0.05, 0) is 61.7 Å². The van der Waals surface area contributed by atoms with Crippen LogP contribution in [-0.2, 0) is 16.4 Å². The van der Waals surface area contributed by atoms with Gasteiger partial charge in [0, 0.05) is 29.9 Å². The Hall–Kier alpha value is -3.72. The highest BCUT2D eigenvalue weighted by Gasteiger charge is 2.29. The van der Waals surface area contributed by atoms with Gasteiger partial charge in [0.15, 0.2) is 0 Å². The molecular weight excluding hydrogens is 430 g/mol. The molecule has 0 bridgehead atoms. The number of carbonyl (C=O) groups excluding carboxylic acids is 1. The lowest BCUT2D eigenvalue weighted by Crippen LogP contribution is -2.35. The lowest BCUT2D eigenvalue weighted by molar-refractivity contribution is -0.384. The van der Waals surface area contributed by atoms with Crippen molar-refractivity contribution < 1.29 is 18.1 Å². The van der Waals surface area contributed by atoms with Crippen LogP contribution in [0.15, 0.2) is 71.6 Å². The lowest BCUT2D eigenvalue weighted by Gasteiger charge is -2.31. The normalized spacial score (nSPS) is 13.3. The van der Waals surface area contributed by atoms with Gasteiger partial charge in [0.1, 0.15) is 0 Å². The van der Waals surface area contributed by atoms with Crippen molar-refractivity contribution in [3.8, 4) is 0 Å². The van der Waals surface area contributed by atoms with Crippen LogP contribution in [0.3, 0.4) is 0 Å². The largest absolute Gasteiger partial charge is 0.322 e. The van der Waals surface area contributed by atoms with E-state index in [9.17, 15) is 23.3 Å². The molecular formula is C23H21N3O5S. The number of non-ortho nitro benzene ring substituents is 1. The summed E-state index contributed by atoms with van der Waals surface area (Å²) in [6.45, 7) is 2.28. The van der Waals surface area contributed by atoms with E-state index < -0.39 is 20.9 Å². The molecule has 0 radical (unpaired) electrons. The summed E-state index contributed by atoms with van der Waals surface area (Å²) in [5.74, 6) is -0.478. The molecule has 1 heterocycles. The second kappa shape index (κ2) is 8.43. The number of hydrogen-bond acceptors (Lipinski definition) is 5. The molecule has 1 aliphatic heterocycles. The molecule has 0 atom stereocenters. The minimum Gasteiger partial charge on any atom is -0.322 e. The predicted molar refractivity (Wildman–Crippen MR) is 122 cm³/mol. The zero-order valence-corrected chi connectivity index (χ0v) is 18.1. The Bertz CT molecular complexity index is 1300. The van der Waals surface area contributed by atoms with Crippen LogP contribution in [0, 0.1) is 17.0 Å². The van der Waals surface area contributed by atoms with Crippen molar-refractivity contribution in [3.05, 3.63) is 93.5 Å². The van der Waals surface area contributed by atoms with E-state index in [0.717, 1.165) is 11.1 Å². The topological polar surface area (TPSA) is 110 Å². The quantitative estimate of drug-likeness (QED) is 0.459. The highest BCUT2D eigenvalue weighted by molar-refractivity contribution is 7.92. The second-order valence-electron chi connectivity index (χ2n) is 7.60. The molecule has 9 heteroatoms. The fourth-order valence-electron chi connectivity index (χ4n) is 3.69. The minimum absolute atomic E-state index is 0.167. The van der Waals surface area contributed by atoms with Crippen molar-refractivity contribution in [2.24, 2.45) is 0 Å². The lowest BCUT2D eigenvalue weighted by atomic mass is 10.0. The Morgan fingerprint density at radius 2 is 1.81 bits per heavy atom. The van der Waals surface area contributed by atoms with Gasteiger partial charge in [0.05, 0.1) is 15.5 Å². The maximum absolute atomic E-state index is 13.2. The molecule has 3 aromatic rings. The maximum Gasteiger partial charge on any atom is 0.270 e. The van der Waals surface area contributed by atoms with Gasteiger partial charge >= 0.3 is 0 Å². The molecule has 32 heavy (non-hydrogen) atoms. The van der Waals surface area contributed by atoms with Crippen molar-refractivity contribution >= 4 is 33.0 Å². The summed E-state index contributed by atoms with van der Waals surface area (Å²) in [7, 11) is -3.70. The van der Waals surface area contributed by atoms with Crippen molar-refractivity contribution in [3.63, 3.8) is 0 Å². The fourth-order valence-corrected chi connectivity index (χ4v) is 5.23. The van der Waals surface area contributed by atoms with Gasteiger partial charge in [-0.2, -0.15) is 0 Å². The van der Waals surface area contributed by atoms with Crippen LogP contribution >= 0.6 is 0 Å². The number of nitrogens with one attached hydrogen (secondary N) is 1. The number of benzene rings is 3. The first-order valence-electron chi connectivity index (χ1n) is 10.0. The van der Waals surface area contributed by atoms with Crippen molar-refractivity contribution in [2.45, 2.75) is 24.7 Å². The first-order valence-corrected chi connectivity index (χ1v) is 11.5. The Labute approximate surface area is 185 Å². The first kappa shape index (κ1) is 21.5. The molecule has 1 amide bonds. The first-order chi connectivity index (χ1) is 15.3. The summed E-state index contributed by atoms with van der Waals surface area (Å²) in [5.41, 5.74) is 2.87. The Morgan fingerprint density at radius 1 is 1.06 bits per heavy atom. The predicted octanol–water partition coefficient (Wildman–Crippen LogP) is 4.30. The average Bonchev–Trinajstić information content (AvgIpc) is 2.79. The van der Waals surface area contributed by atoms with Crippen LogP contribution in [0.2, 0.25) is 0 Å². The monoisotopic (exact) mass is 451 g/mol. The minimum atomic E-state index is -3.70. The Kier molecular flexibility index (Phi) is 5.67. The zero-order chi connectivity index (χ0) is 22.9. The number of nitrogens with zero attached hydrogens (tertiary/aromatic N) is 2. The van der Waals surface area contributed by atoms with Crippen molar-refractivity contribution in [2.75, 3.05) is 16.2 Å². The second-order valence-corrected chi connectivity index (χ2v) is 9.46. The molecule has 0 saturated heterocycles. The van der Waals surface area contributed by atoms with Crippen LogP contribution in [0.4, 0.5) is 17.1 Å². The van der Waals surface area contributed by atoms with Crippen molar-refractivity contribution in [1.82, 2.24) is 0 Å². The van der Waals surface area contributed by atoms with E-state index in [0.29, 0.717) is 30.8 Å². The summed E-state index contributed by atoms with van der Waals surface area (Å²) in [5, 5.41) is 13.7. The molecule has 0 aliphatic carbocycles. The third-order valence-electron chi connectivity index (χ3n) is 5.34. The molecule has 0 spiro atoms. The Morgan fingerprint density at radius 3 is 2.53 bits per heavy atom. The molecule has 8 nitrogen and oxygen atoms in total. The molecule has 1 N–H and O–H groups in total. The van der Waals surface area contributed by atoms with Gasteiger partial charge < -0.3 is 5.32 Å². The summed E-state index contributed by atoms with van der Waals surface area (Å²) < 4.78 is 27.8. The SMILES string of the molecule is Cc1ccc(S(=O)(=O)N2CCCc3cc(NC(=O)c4cccc([N+](=O)[O-])c4)ccc32)cc1. The van der Waals surface area contributed by atoms with Gasteiger partial charge in [0.2, 0.25) is 0 Å². The fraction of sp³-hybridized carbons (Fsp3) is 0.174. The standard InChI is InChI=1S/C23H21N3O5S/c1-16-7-10-21(11-8-16)32(30,31)25-13-3-5-17-14-19(9-12-22(17)25)24-23(27)18-4-2-6-20(15-18)26(28)29/h2,4,6-12,14-15H,3,5,13H2,1H3,(H,24,27). The van der Waals surface area contributed by atoms with Crippen LogP contribution in [0.25, 0.3) is 0 Å². The third kappa shape index (κ3) is 4.19. The van der Waals surface area contributed by atoms with E-state index in [4.69, 9.17) is 0 Å². The number of aryl methyl sites for hydroxylation is 2. The van der Waals surface area contributed by atoms with E-state index in [1.165, 1.54) is 28.6 Å². The number of carbonyl (C=O) groups is 1. The number of sulfonamides is 1. The highest BCUT2D eigenvalue weighted by Crippen LogP contribution is 2.34. The average molecular weight is 452 g/mol. The summed E-state index contributed by atoms with van der Waals surface area (Å²) >= 11 is 0. The zero-order valence-electron chi connectivity index (χ0n) is 17.3. The molecule has 0 fully saturated rings. The third-order valence-corrected chi connectivity index (χ3v) is 7.17. The molecule has 0 saturated carbocycles. The molecule has 164 valence electrons. The van der Waals surface area contributed by atoms with Crippen LogP contribution in [-0.4, -0.2) is 25.8 Å². The van der Waals surface area contributed by atoms with Crippen LogP contribution in [0.5, 0.6) is 0 Å². The number of nitro benzene ring substituents is 1. The van der Waals surface area contributed by atoms with Gasteiger partial charge in [-0.25, -0.2) is 8.42 Å². The van der Waals surface area contributed by atoms with Crippen LogP contribution in [0.1, 0.15) is 27.9 Å². The number of nitro groups is 1. The van der Waals surface area contributed by atoms with Gasteiger partial charge in [-0.1, -0.05) is 23.8 Å². The molecule has 1 aliphatic rings. The number of amides is 1. The number of rotatable bonds is 5. The van der Waals surface area contributed by atoms with Crippen molar-refractivity contribution in [1.29, 1.82) is 0 Å². The van der Waals surface area contributed by atoms with E-state index in [2.05, 4.69) is 5.32 Å². The maximum atomic E-state index is 13.2. The van der Waals surface area contributed by atoms with Gasteiger partial charge in [-0.15, -0.1) is 0 Å². The van der Waals surface area contributed by atoms with E-state index >= 15 is 0 Å². The van der Waals surface area contributed by atoms with E-state index in [-0.39, 0.29) is 16.1 Å². The number of anilines is 2.